The molecular formula is C20H19F3N4O4. The molecule has 2 aromatic heterocycles. The van der Waals surface area contributed by atoms with Crippen molar-refractivity contribution in [3.63, 3.8) is 0 Å². The Hall–Kier alpha value is -3.60. The second kappa shape index (κ2) is 8.64. The number of aromatic nitrogens is 2. The summed E-state index contributed by atoms with van der Waals surface area (Å²) in [6.45, 7) is -0.113. The number of imidazole rings is 1. The Kier molecular flexibility index (Phi) is 6.16. The number of benzene rings is 1. The van der Waals surface area contributed by atoms with Gasteiger partial charge < -0.3 is 24.7 Å². The third kappa shape index (κ3) is 4.94. The lowest BCUT2D eigenvalue weighted by Crippen LogP contribution is -2.47. The highest BCUT2D eigenvalue weighted by Gasteiger charge is 2.58. The van der Waals surface area contributed by atoms with Gasteiger partial charge in [-0.25, -0.2) is 4.98 Å². The minimum Gasteiger partial charge on any atom is -0.459 e. The zero-order valence-corrected chi connectivity index (χ0v) is 16.3. The number of aryl methyl sites for hydroxylation is 1. The van der Waals surface area contributed by atoms with Gasteiger partial charge in [0.05, 0.1) is 12.7 Å². The second-order valence-corrected chi connectivity index (χ2v) is 6.81. The topological polar surface area (TPSA) is 109 Å². The van der Waals surface area contributed by atoms with Crippen LogP contribution in [0.5, 0.6) is 0 Å². The Morgan fingerprint density at radius 2 is 2.00 bits per heavy atom. The van der Waals surface area contributed by atoms with E-state index in [2.05, 4.69) is 15.6 Å². The lowest BCUT2D eigenvalue weighted by atomic mass is 9.97. The van der Waals surface area contributed by atoms with Crippen molar-refractivity contribution in [1.82, 2.24) is 14.9 Å². The molecule has 0 aliphatic rings. The molecule has 0 fully saturated rings. The molecule has 0 aliphatic heterocycles. The predicted molar refractivity (Wildman–Crippen MR) is 103 cm³/mol. The summed E-state index contributed by atoms with van der Waals surface area (Å²) < 4.78 is 46.6. The number of amides is 2. The van der Waals surface area contributed by atoms with Crippen molar-refractivity contribution in [2.24, 2.45) is 7.05 Å². The third-order valence-corrected chi connectivity index (χ3v) is 4.50. The molecule has 164 valence electrons. The molecule has 11 heteroatoms. The number of anilines is 1. The fraction of sp³-hybridized carbons (Fsp3) is 0.250. The van der Waals surface area contributed by atoms with Gasteiger partial charge in [-0.2, -0.15) is 13.2 Å². The molecule has 0 bridgehead atoms. The molecule has 2 heterocycles. The number of nitrogens with one attached hydrogen (secondary N) is 2. The minimum absolute atomic E-state index is 0.111. The SMILES string of the molecule is Cn1ccnc1C(O)(CC(=O)NCc1cccc(NC(=O)c2ccco2)c1)C(F)(F)F. The number of hydrogen-bond acceptors (Lipinski definition) is 5. The summed E-state index contributed by atoms with van der Waals surface area (Å²) >= 11 is 0. The van der Waals surface area contributed by atoms with Gasteiger partial charge in [0.1, 0.15) is 0 Å². The van der Waals surface area contributed by atoms with Crippen molar-refractivity contribution in [2.75, 3.05) is 5.32 Å². The van der Waals surface area contributed by atoms with E-state index in [1.54, 1.807) is 30.3 Å². The fourth-order valence-corrected chi connectivity index (χ4v) is 2.93. The van der Waals surface area contributed by atoms with E-state index in [0.29, 0.717) is 11.3 Å². The van der Waals surface area contributed by atoms with E-state index in [4.69, 9.17) is 4.42 Å². The van der Waals surface area contributed by atoms with E-state index in [0.717, 1.165) is 10.8 Å². The Morgan fingerprint density at radius 3 is 2.61 bits per heavy atom. The summed E-state index contributed by atoms with van der Waals surface area (Å²) in [5, 5.41) is 15.2. The standard InChI is InChI=1S/C20H19F3N4O4/c1-27-8-7-24-18(27)19(30,20(21,22)23)11-16(28)25-12-13-4-2-5-14(10-13)26-17(29)15-6-3-9-31-15/h2-10,30H,11-12H2,1H3,(H,25,28)(H,26,29). The van der Waals surface area contributed by atoms with Crippen molar-refractivity contribution in [2.45, 2.75) is 24.7 Å². The van der Waals surface area contributed by atoms with Gasteiger partial charge in [0, 0.05) is 31.7 Å². The van der Waals surface area contributed by atoms with Gasteiger partial charge in [0.25, 0.3) is 5.91 Å². The number of furan rings is 1. The summed E-state index contributed by atoms with van der Waals surface area (Å²) in [6.07, 6.45) is -2.66. The maximum atomic E-state index is 13.5. The molecule has 2 amide bonds. The molecule has 3 N–H and O–H groups in total. The van der Waals surface area contributed by atoms with Gasteiger partial charge in [-0.1, -0.05) is 12.1 Å². The molecule has 0 saturated carbocycles. The number of carbonyl (C=O) groups is 2. The molecule has 0 radical (unpaired) electrons. The Labute approximate surface area is 174 Å². The molecule has 0 aliphatic carbocycles. The van der Waals surface area contributed by atoms with Crippen LogP contribution in [0.4, 0.5) is 18.9 Å². The first-order valence-electron chi connectivity index (χ1n) is 9.07. The van der Waals surface area contributed by atoms with Crippen LogP contribution in [-0.2, 0) is 24.0 Å². The lowest BCUT2D eigenvalue weighted by molar-refractivity contribution is -0.271. The molecule has 3 aromatic rings. The van der Waals surface area contributed by atoms with Crippen LogP contribution in [0.25, 0.3) is 0 Å². The molecular weight excluding hydrogens is 417 g/mol. The first kappa shape index (κ1) is 22.1. The number of aliphatic hydroxyl groups is 1. The lowest BCUT2D eigenvalue weighted by Gasteiger charge is -2.29. The smallest absolute Gasteiger partial charge is 0.425 e. The normalized spacial score (nSPS) is 13.5. The number of rotatable bonds is 7. The summed E-state index contributed by atoms with van der Waals surface area (Å²) in [6, 6.07) is 9.44. The van der Waals surface area contributed by atoms with E-state index in [-0.39, 0.29) is 12.3 Å². The summed E-state index contributed by atoms with van der Waals surface area (Å²) in [5.41, 5.74) is -2.50. The Bertz CT molecular complexity index is 1060. The number of carbonyl (C=O) groups excluding carboxylic acids is 2. The first-order valence-corrected chi connectivity index (χ1v) is 9.07. The van der Waals surface area contributed by atoms with Crippen LogP contribution in [-0.4, -0.2) is 32.6 Å². The highest BCUT2D eigenvalue weighted by molar-refractivity contribution is 6.02. The molecule has 1 aromatic carbocycles. The summed E-state index contributed by atoms with van der Waals surface area (Å²) in [4.78, 5) is 27.8. The van der Waals surface area contributed by atoms with E-state index >= 15 is 0 Å². The van der Waals surface area contributed by atoms with Crippen molar-refractivity contribution in [3.05, 3.63) is 72.2 Å². The molecule has 0 saturated heterocycles. The summed E-state index contributed by atoms with van der Waals surface area (Å²) in [5.74, 6) is -2.07. The zero-order chi connectivity index (χ0) is 22.6. The van der Waals surface area contributed by atoms with Crippen LogP contribution in [0.3, 0.4) is 0 Å². The van der Waals surface area contributed by atoms with Gasteiger partial charge in [0.2, 0.25) is 11.5 Å². The number of nitrogens with zero attached hydrogens (tertiary/aromatic N) is 2. The van der Waals surface area contributed by atoms with Crippen molar-refractivity contribution in [3.8, 4) is 0 Å². The van der Waals surface area contributed by atoms with E-state index < -0.39 is 35.8 Å². The number of alkyl halides is 3. The monoisotopic (exact) mass is 436 g/mol. The van der Waals surface area contributed by atoms with Crippen LogP contribution in [0.15, 0.2) is 59.5 Å². The quantitative estimate of drug-likeness (QED) is 0.528. The number of hydrogen-bond donors (Lipinski definition) is 3. The van der Waals surface area contributed by atoms with Gasteiger partial charge in [-0.15, -0.1) is 0 Å². The molecule has 3 rings (SSSR count). The van der Waals surface area contributed by atoms with E-state index in [9.17, 15) is 27.9 Å². The molecule has 31 heavy (non-hydrogen) atoms. The van der Waals surface area contributed by atoms with E-state index in [1.165, 1.54) is 25.6 Å². The average molecular weight is 436 g/mol. The first-order chi connectivity index (χ1) is 14.6. The molecule has 8 nitrogen and oxygen atoms in total. The third-order valence-electron chi connectivity index (χ3n) is 4.50. The molecule has 1 unspecified atom stereocenters. The van der Waals surface area contributed by atoms with Crippen LogP contribution in [0, 0.1) is 0 Å². The second-order valence-electron chi connectivity index (χ2n) is 6.81. The van der Waals surface area contributed by atoms with Gasteiger partial charge in [-0.3, -0.25) is 9.59 Å². The van der Waals surface area contributed by atoms with Crippen LogP contribution in [0.2, 0.25) is 0 Å². The van der Waals surface area contributed by atoms with Crippen LogP contribution < -0.4 is 10.6 Å². The van der Waals surface area contributed by atoms with Gasteiger partial charge in [0.15, 0.2) is 11.6 Å². The highest BCUT2D eigenvalue weighted by atomic mass is 19.4. The Balaban J connectivity index is 1.65. The Morgan fingerprint density at radius 1 is 1.23 bits per heavy atom. The van der Waals surface area contributed by atoms with E-state index in [1.807, 2.05) is 0 Å². The maximum Gasteiger partial charge on any atom is 0.425 e. The summed E-state index contributed by atoms with van der Waals surface area (Å²) in [7, 11) is 1.29. The molecule has 0 spiro atoms. The predicted octanol–water partition coefficient (Wildman–Crippen LogP) is 2.72. The average Bonchev–Trinajstić information content (AvgIpc) is 3.37. The largest absolute Gasteiger partial charge is 0.459 e. The van der Waals surface area contributed by atoms with Crippen molar-refractivity contribution < 1.29 is 32.3 Å². The highest BCUT2D eigenvalue weighted by Crippen LogP contribution is 2.40. The van der Waals surface area contributed by atoms with Gasteiger partial charge >= 0.3 is 6.18 Å². The minimum atomic E-state index is -5.11. The maximum absolute atomic E-state index is 13.5. The van der Waals surface area contributed by atoms with Crippen LogP contribution >= 0.6 is 0 Å². The van der Waals surface area contributed by atoms with Gasteiger partial charge in [-0.05, 0) is 29.8 Å². The molecule has 1 atom stereocenters. The van der Waals surface area contributed by atoms with Crippen molar-refractivity contribution >= 4 is 17.5 Å². The number of halogens is 3. The fourth-order valence-electron chi connectivity index (χ4n) is 2.93. The zero-order valence-electron chi connectivity index (χ0n) is 16.3. The van der Waals surface area contributed by atoms with Crippen LogP contribution in [0.1, 0.15) is 28.4 Å². The van der Waals surface area contributed by atoms with Crippen molar-refractivity contribution in [1.29, 1.82) is 0 Å².